The molecule has 0 aromatic heterocycles. The second kappa shape index (κ2) is 3.28. The van der Waals surface area contributed by atoms with E-state index in [0.717, 1.165) is 17.7 Å². The number of ether oxygens (including phenoxy) is 1. The molecule has 0 fully saturated rings. The lowest BCUT2D eigenvalue weighted by Crippen LogP contribution is -2.15. The highest BCUT2D eigenvalue weighted by molar-refractivity contribution is 7.91. The summed E-state index contributed by atoms with van der Waals surface area (Å²) in [6, 6.07) is 5.15. The second-order valence-corrected chi connectivity index (χ2v) is 5.47. The van der Waals surface area contributed by atoms with Crippen molar-refractivity contribution in [2.24, 2.45) is 0 Å². The van der Waals surface area contributed by atoms with E-state index < -0.39 is 9.84 Å². The molecule has 2 rings (SSSR count). The zero-order chi connectivity index (χ0) is 10.2. The Balaban J connectivity index is 2.58. The Bertz CT molecular complexity index is 448. The summed E-state index contributed by atoms with van der Waals surface area (Å²) in [5, 5.41) is 0. The Morgan fingerprint density at radius 3 is 2.86 bits per heavy atom. The van der Waals surface area contributed by atoms with Crippen LogP contribution in [0.2, 0.25) is 0 Å². The van der Waals surface area contributed by atoms with E-state index in [4.69, 9.17) is 4.74 Å². The average molecular weight is 212 g/mol. The Hall–Kier alpha value is -1.03. The van der Waals surface area contributed by atoms with E-state index in [2.05, 4.69) is 0 Å². The largest absolute Gasteiger partial charge is 0.497 e. The minimum atomic E-state index is -3.02. The van der Waals surface area contributed by atoms with Crippen LogP contribution in [-0.4, -0.2) is 21.3 Å². The molecule has 0 N–H and O–H groups in total. The predicted molar refractivity (Wildman–Crippen MR) is 53.4 cm³/mol. The van der Waals surface area contributed by atoms with Crippen molar-refractivity contribution in [1.29, 1.82) is 0 Å². The van der Waals surface area contributed by atoms with Crippen molar-refractivity contribution in [3.8, 4) is 5.75 Å². The monoisotopic (exact) mass is 212 g/mol. The van der Waals surface area contributed by atoms with E-state index >= 15 is 0 Å². The highest BCUT2D eigenvalue weighted by Crippen LogP contribution is 2.28. The number of hydrogen-bond donors (Lipinski definition) is 0. The topological polar surface area (TPSA) is 43.4 Å². The van der Waals surface area contributed by atoms with Crippen molar-refractivity contribution in [2.75, 3.05) is 12.9 Å². The third-order valence-electron chi connectivity index (χ3n) is 2.46. The lowest BCUT2D eigenvalue weighted by atomic mass is 10.1. The fourth-order valence-electron chi connectivity index (χ4n) is 1.74. The zero-order valence-corrected chi connectivity index (χ0v) is 8.80. The van der Waals surface area contributed by atoms with Crippen molar-refractivity contribution >= 4 is 9.84 Å². The van der Waals surface area contributed by atoms with Crippen LogP contribution in [0.4, 0.5) is 0 Å². The Morgan fingerprint density at radius 1 is 1.36 bits per heavy atom. The molecule has 0 saturated heterocycles. The first kappa shape index (κ1) is 9.52. The van der Waals surface area contributed by atoms with Gasteiger partial charge >= 0.3 is 0 Å². The highest BCUT2D eigenvalue weighted by atomic mass is 32.2. The van der Waals surface area contributed by atoms with Crippen LogP contribution in [0.3, 0.4) is 0 Å². The SMILES string of the molecule is COc1ccc2c(c1)CCCS2(=O)=O. The number of aryl methyl sites for hydroxylation is 1. The summed E-state index contributed by atoms with van der Waals surface area (Å²) in [5.74, 6) is 0.993. The van der Waals surface area contributed by atoms with Gasteiger partial charge < -0.3 is 4.74 Å². The van der Waals surface area contributed by atoms with Gasteiger partial charge in [0.25, 0.3) is 0 Å². The molecule has 76 valence electrons. The lowest BCUT2D eigenvalue weighted by Gasteiger charge is -2.16. The molecule has 4 heteroatoms. The summed E-state index contributed by atoms with van der Waals surface area (Å²) >= 11 is 0. The van der Waals surface area contributed by atoms with Crippen LogP contribution in [0.1, 0.15) is 12.0 Å². The van der Waals surface area contributed by atoms with Gasteiger partial charge in [-0.25, -0.2) is 8.42 Å². The number of methoxy groups -OCH3 is 1. The molecule has 1 aromatic rings. The number of sulfone groups is 1. The normalized spacial score (nSPS) is 18.6. The third-order valence-corrected chi connectivity index (χ3v) is 4.36. The molecule has 1 aliphatic heterocycles. The first-order valence-electron chi connectivity index (χ1n) is 4.53. The molecule has 0 saturated carbocycles. The maximum Gasteiger partial charge on any atom is 0.178 e. The van der Waals surface area contributed by atoms with Gasteiger partial charge in [0.1, 0.15) is 5.75 Å². The second-order valence-electron chi connectivity index (χ2n) is 3.40. The summed E-state index contributed by atoms with van der Waals surface area (Å²) in [6.45, 7) is 0. The van der Waals surface area contributed by atoms with E-state index in [9.17, 15) is 8.42 Å². The van der Waals surface area contributed by atoms with Crippen molar-refractivity contribution in [3.05, 3.63) is 23.8 Å². The van der Waals surface area contributed by atoms with Crippen molar-refractivity contribution in [3.63, 3.8) is 0 Å². The summed E-state index contributed by atoms with van der Waals surface area (Å²) in [7, 11) is -1.44. The smallest absolute Gasteiger partial charge is 0.178 e. The number of hydrogen-bond acceptors (Lipinski definition) is 3. The lowest BCUT2D eigenvalue weighted by molar-refractivity contribution is 0.413. The average Bonchev–Trinajstić information content (AvgIpc) is 2.16. The van der Waals surface area contributed by atoms with Gasteiger partial charge in [-0.05, 0) is 36.6 Å². The first-order chi connectivity index (χ1) is 6.63. The van der Waals surface area contributed by atoms with Crippen LogP contribution in [0.25, 0.3) is 0 Å². The van der Waals surface area contributed by atoms with E-state index in [-0.39, 0.29) is 5.75 Å². The van der Waals surface area contributed by atoms with Gasteiger partial charge in [-0.1, -0.05) is 0 Å². The molecule has 14 heavy (non-hydrogen) atoms. The fourth-order valence-corrected chi connectivity index (χ4v) is 3.32. The van der Waals surface area contributed by atoms with Crippen LogP contribution in [0.15, 0.2) is 23.1 Å². The maximum atomic E-state index is 11.6. The molecule has 0 bridgehead atoms. The van der Waals surface area contributed by atoms with Gasteiger partial charge in [-0.2, -0.15) is 0 Å². The highest BCUT2D eigenvalue weighted by Gasteiger charge is 2.23. The molecular formula is C10H12O3S. The summed E-state index contributed by atoms with van der Waals surface area (Å²) in [6.07, 6.45) is 1.54. The maximum absolute atomic E-state index is 11.6. The van der Waals surface area contributed by atoms with Crippen molar-refractivity contribution in [2.45, 2.75) is 17.7 Å². The van der Waals surface area contributed by atoms with Crippen LogP contribution < -0.4 is 4.74 Å². The number of benzene rings is 1. The molecule has 0 amide bonds. The van der Waals surface area contributed by atoms with Gasteiger partial charge in [-0.3, -0.25) is 0 Å². The first-order valence-corrected chi connectivity index (χ1v) is 6.18. The molecule has 0 radical (unpaired) electrons. The van der Waals surface area contributed by atoms with Crippen LogP contribution >= 0.6 is 0 Å². The summed E-state index contributed by atoms with van der Waals surface area (Å²) in [4.78, 5) is 0.476. The molecule has 0 spiro atoms. The number of fused-ring (bicyclic) bond motifs is 1. The molecule has 3 nitrogen and oxygen atoms in total. The molecule has 0 unspecified atom stereocenters. The van der Waals surface area contributed by atoms with E-state index in [1.54, 1.807) is 19.2 Å². The number of rotatable bonds is 1. The van der Waals surface area contributed by atoms with Crippen LogP contribution in [-0.2, 0) is 16.3 Å². The predicted octanol–water partition coefficient (Wildman–Crippen LogP) is 1.42. The van der Waals surface area contributed by atoms with E-state index in [0.29, 0.717) is 11.3 Å². The third kappa shape index (κ3) is 1.50. The standard InChI is InChI=1S/C10H12O3S/c1-13-9-4-5-10-8(7-9)3-2-6-14(10,11)12/h4-5,7H,2-3,6H2,1H3. The minimum Gasteiger partial charge on any atom is -0.497 e. The molecular weight excluding hydrogens is 200 g/mol. The Labute approximate surface area is 83.6 Å². The molecule has 1 heterocycles. The molecule has 0 aliphatic carbocycles. The van der Waals surface area contributed by atoms with Gasteiger partial charge in [0.05, 0.1) is 17.8 Å². The van der Waals surface area contributed by atoms with E-state index in [1.165, 1.54) is 0 Å². The van der Waals surface area contributed by atoms with Crippen LogP contribution in [0, 0.1) is 0 Å². The quantitative estimate of drug-likeness (QED) is 0.707. The van der Waals surface area contributed by atoms with Gasteiger partial charge in [-0.15, -0.1) is 0 Å². The van der Waals surface area contributed by atoms with Crippen molar-refractivity contribution in [1.82, 2.24) is 0 Å². The summed E-state index contributed by atoms with van der Waals surface area (Å²) < 4.78 is 28.3. The molecule has 1 aliphatic rings. The zero-order valence-electron chi connectivity index (χ0n) is 7.99. The molecule has 1 aromatic carbocycles. The van der Waals surface area contributed by atoms with Gasteiger partial charge in [0.2, 0.25) is 0 Å². The van der Waals surface area contributed by atoms with Crippen LogP contribution in [0.5, 0.6) is 5.75 Å². The van der Waals surface area contributed by atoms with Gasteiger partial charge in [0.15, 0.2) is 9.84 Å². The molecule has 0 atom stereocenters. The Kier molecular flexibility index (Phi) is 2.23. The summed E-state index contributed by atoms with van der Waals surface area (Å²) in [5.41, 5.74) is 0.885. The Morgan fingerprint density at radius 2 is 2.14 bits per heavy atom. The van der Waals surface area contributed by atoms with Crippen molar-refractivity contribution < 1.29 is 13.2 Å². The minimum absolute atomic E-state index is 0.270. The van der Waals surface area contributed by atoms with E-state index in [1.807, 2.05) is 6.07 Å². The van der Waals surface area contributed by atoms with Gasteiger partial charge in [0, 0.05) is 0 Å². The fraction of sp³-hybridized carbons (Fsp3) is 0.400.